The number of rotatable bonds is 6. The lowest BCUT2D eigenvalue weighted by Gasteiger charge is -2.24. The predicted octanol–water partition coefficient (Wildman–Crippen LogP) is 4.95. The van der Waals surface area contributed by atoms with E-state index in [9.17, 15) is 19.8 Å². The number of phenols is 1. The van der Waals surface area contributed by atoms with Gasteiger partial charge in [-0.2, -0.15) is 0 Å². The van der Waals surface area contributed by atoms with E-state index >= 15 is 0 Å². The molecule has 1 atom stereocenters. The Balaban J connectivity index is 1.86. The highest BCUT2D eigenvalue weighted by Gasteiger charge is 2.49. The van der Waals surface area contributed by atoms with Crippen molar-refractivity contribution in [1.29, 1.82) is 0 Å². The largest absolute Gasteiger partial charge is 0.507 e. The molecule has 7 heteroatoms. The van der Waals surface area contributed by atoms with Gasteiger partial charge in [-0.25, -0.2) is 0 Å². The molecule has 1 amide bonds. The minimum Gasteiger partial charge on any atom is -0.507 e. The molecule has 1 unspecified atom stereocenters. The van der Waals surface area contributed by atoms with Crippen molar-refractivity contribution in [3.8, 4) is 11.5 Å². The second-order valence-electron chi connectivity index (χ2n) is 8.34. The Labute approximate surface area is 191 Å². The summed E-state index contributed by atoms with van der Waals surface area (Å²) in [4.78, 5) is 27.4. The van der Waals surface area contributed by atoms with Gasteiger partial charge in [0, 0.05) is 5.56 Å². The van der Waals surface area contributed by atoms with E-state index in [-0.39, 0.29) is 22.8 Å². The fourth-order valence-electron chi connectivity index (χ4n) is 3.77. The van der Waals surface area contributed by atoms with Crippen LogP contribution in [0.2, 0.25) is 0 Å². The molecule has 1 aromatic heterocycles. The Bertz CT molecular complexity index is 1240. The van der Waals surface area contributed by atoms with Crippen molar-refractivity contribution in [3.63, 3.8) is 0 Å². The molecule has 2 aromatic carbocycles. The maximum absolute atomic E-state index is 13.1. The van der Waals surface area contributed by atoms with Crippen LogP contribution in [0.4, 0.5) is 5.69 Å². The molecule has 4 rings (SSSR count). The van der Waals surface area contributed by atoms with Crippen LogP contribution in [-0.4, -0.2) is 28.5 Å². The Hall–Kier alpha value is -4.00. The maximum Gasteiger partial charge on any atom is 0.300 e. The second-order valence-corrected chi connectivity index (χ2v) is 8.34. The topological polar surface area (TPSA) is 100 Å². The molecule has 0 radical (unpaired) electrons. The van der Waals surface area contributed by atoms with E-state index in [0.717, 1.165) is 4.90 Å². The number of aliphatic hydroxyl groups excluding tert-OH is 1. The first-order chi connectivity index (χ1) is 15.8. The first-order valence-electron chi connectivity index (χ1n) is 10.7. The highest BCUT2D eigenvalue weighted by Crippen LogP contribution is 2.45. The van der Waals surface area contributed by atoms with Gasteiger partial charge in [0.05, 0.1) is 17.9 Å². The molecule has 3 aromatic rings. The number of hydrogen-bond acceptors (Lipinski definition) is 6. The van der Waals surface area contributed by atoms with Gasteiger partial charge in [-0.1, -0.05) is 38.1 Å². The monoisotopic (exact) mass is 447 g/mol. The van der Waals surface area contributed by atoms with Crippen LogP contribution >= 0.6 is 0 Å². The van der Waals surface area contributed by atoms with E-state index in [2.05, 4.69) is 0 Å². The number of aryl methyl sites for hydroxylation is 1. The standard InChI is InChI=1S/C26H25NO6/c1-15(2)14-32-18-8-6-7-17(13-18)24(29)22-23(21-12-11-16(3)33-21)27(26(31)25(22)30)19-9-4-5-10-20(19)28/h4-13,15,23,28-29H,14H2,1-3H3/b24-22-. The summed E-state index contributed by atoms with van der Waals surface area (Å²) in [7, 11) is 0. The average Bonchev–Trinajstić information content (AvgIpc) is 3.33. The van der Waals surface area contributed by atoms with Gasteiger partial charge in [-0.15, -0.1) is 0 Å². The van der Waals surface area contributed by atoms with Crippen molar-refractivity contribution in [2.75, 3.05) is 11.5 Å². The van der Waals surface area contributed by atoms with Gasteiger partial charge in [0.15, 0.2) is 0 Å². The number of ether oxygens (including phenoxy) is 1. The summed E-state index contributed by atoms with van der Waals surface area (Å²) in [5.74, 6) is -0.535. The molecule has 2 N–H and O–H groups in total. The number of para-hydroxylation sites is 2. The van der Waals surface area contributed by atoms with Gasteiger partial charge in [0.25, 0.3) is 11.7 Å². The normalized spacial score (nSPS) is 17.7. The summed E-state index contributed by atoms with van der Waals surface area (Å²) in [6, 6.07) is 15.2. The fraction of sp³-hybridized carbons (Fsp3) is 0.231. The summed E-state index contributed by atoms with van der Waals surface area (Å²) in [6.45, 7) is 6.28. The van der Waals surface area contributed by atoms with Crippen molar-refractivity contribution in [2.45, 2.75) is 26.8 Å². The fourth-order valence-corrected chi connectivity index (χ4v) is 3.77. The molecular formula is C26H25NO6. The Morgan fingerprint density at radius 3 is 2.52 bits per heavy atom. The van der Waals surface area contributed by atoms with Crippen LogP contribution in [0.1, 0.15) is 37.0 Å². The van der Waals surface area contributed by atoms with E-state index in [4.69, 9.17) is 9.15 Å². The van der Waals surface area contributed by atoms with Crippen LogP contribution in [0.5, 0.6) is 11.5 Å². The molecule has 33 heavy (non-hydrogen) atoms. The van der Waals surface area contributed by atoms with Crippen LogP contribution in [-0.2, 0) is 9.59 Å². The number of amides is 1. The van der Waals surface area contributed by atoms with Crippen LogP contribution < -0.4 is 9.64 Å². The van der Waals surface area contributed by atoms with Gasteiger partial charge >= 0.3 is 0 Å². The summed E-state index contributed by atoms with van der Waals surface area (Å²) < 4.78 is 11.5. The predicted molar refractivity (Wildman–Crippen MR) is 123 cm³/mol. The minimum atomic E-state index is -1.05. The highest BCUT2D eigenvalue weighted by molar-refractivity contribution is 6.51. The molecule has 170 valence electrons. The first kappa shape index (κ1) is 22.2. The molecule has 0 spiro atoms. The molecule has 0 bridgehead atoms. The van der Waals surface area contributed by atoms with Gasteiger partial charge in [-0.05, 0) is 49.2 Å². The van der Waals surface area contributed by atoms with Crippen molar-refractivity contribution in [3.05, 3.63) is 83.3 Å². The zero-order valence-electron chi connectivity index (χ0n) is 18.6. The molecule has 1 saturated heterocycles. The first-order valence-corrected chi connectivity index (χ1v) is 10.7. The van der Waals surface area contributed by atoms with Gasteiger partial charge in [0.2, 0.25) is 0 Å². The van der Waals surface area contributed by atoms with Gasteiger partial charge in [-0.3, -0.25) is 14.5 Å². The average molecular weight is 447 g/mol. The molecule has 2 heterocycles. The lowest BCUT2D eigenvalue weighted by Crippen LogP contribution is -2.29. The third kappa shape index (κ3) is 4.22. The van der Waals surface area contributed by atoms with Gasteiger partial charge in [0.1, 0.15) is 34.8 Å². The zero-order chi connectivity index (χ0) is 23.7. The number of aliphatic hydroxyl groups is 1. The molecule has 0 saturated carbocycles. The van der Waals surface area contributed by atoms with Gasteiger partial charge < -0.3 is 19.4 Å². The number of carbonyl (C=O) groups excluding carboxylic acids is 2. The van der Waals surface area contributed by atoms with Crippen molar-refractivity contribution < 1.29 is 29.0 Å². The molecule has 0 aliphatic carbocycles. The van der Waals surface area contributed by atoms with E-state index < -0.39 is 17.7 Å². The van der Waals surface area contributed by atoms with Crippen LogP contribution in [0.25, 0.3) is 5.76 Å². The van der Waals surface area contributed by atoms with E-state index in [0.29, 0.717) is 35.4 Å². The number of benzene rings is 2. The Kier molecular flexibility index (Phi) is 5.96. The number of phenolic OH excluding ortho intramolecular Hbond substituents is 1. The number of furan rings is 1. The lowest BCUT2D eigenvalue weighted by atomic mass is 9.99. The number of nitrogens with zero attached hydrogens (tertiary/aromatic N) is 1. The zero-order valence-corrected chi connectivity index (χ0v) is 18.6. The van der Waals surface area contributed by atoms with Crippen LogP contribution in [0.15, 0.2) is 70.7 Å². The van der Waals surface area contributed by atoms with E-state index in [1.165, 1.54) is 12.1 Å². The molecule has 1 aliphatic rings. The molecule has 7 nitrogen and oxygen atoms in total. The number of Topliss-reactive ketones (excluding diaryl/α,β-unsaturated/α-hetero) is 1. The van der Waals surface area contributed by atoms with Crippen molar-refractivity contribution >= 4 is 23.1 Å². The lowest BCUT2D eigenvalue weighted by molar-refractivity contribution is -0.132. The number of ketones is 1. The molecular weight excluding hydrogens is 422 g/mol. The number of hydrogen-bond donors (Lipinski definition) is 2. The smallest absolute Gasteiger partial charge is 0.300 e. The molecule has 1 fully saturated rings. The summed E-state index contributed by atoms with van der Waals surface area (Å²) in [5.41, 5.74) is 0.352. The number of aromatic hydroxyl groups is 1. The Morgan fingerprint density at radius 1 is 1.09 bits per heavy atom. The second kappa shape index (κ2) is 8.86. The van der Waals surface area contributed by atoms with E-state index in [1.807, 2.05) is 13.8 Å². The summed E-state index contributed by atoms with van der Waals surface area (Å²) in [5, 5.41) is 21.6. The molecule has 1 aliphatic heterocycles. The SMILES string of the molecule is Cc1ccc(C2/C(=C(/O)c3cccc(OCC(C)C)c3)C(=O)C(=O)N2c2ccccc2O)o1. The van der Waals surface area contributed by atoms with Crippen molar-refractivity contribution in [1.82, 2.24) is 0 Å². The number of anilines is 1. The minimum absolute atomic E-state index is 0.126. The quantitative estimate of drug-likeness (QED) is 0.315. The van der Waals surface area contributed by atoms with Crippen LogP contribution in [0, 0.1) is 12.8 Å². The van der Waals surface area contributed by atoms with Crippen LogP contribution in [0.3, 0.4) is 0 Å². The summed E-state index contributed by atoms with van der Waals surface area (Å²) >= 11 is 0. The maximum atomic E-state index is 13.1. The Morgan fingerprint density at radius 2 is 1.85 bits per heavy atom. The third-order valence-corrected chi connectivity index (χ3v) is 5.31. The number of carbonyl (C=O) groups is 2. The highest BCUT2D eigenvalue weighted by atomic mass is 16.5. The third-order valence-electron chi connectivity index (χ3n) is 5.31. The summed E-state index contributed by atoms with van der Waals surface area (Å²) in [6.07, 6.45) is 0. The van der Waals surface area contributed by atoms with E-state index in [1.54, 1.807) is 55.5 Å². The van der Waals surface area contributed by atoms with Crippen molar-refractivity contribution in [2.24, 2.45) is 5.92 Å².